The first-order valence-electron chi connectivity index (χ1n) is 6.97. The summed E-state index contributed by atoms with van der Waals surface area (Å²) in [5.41, 5.74) is 4.22. The van der Waals surface area contributed by atoms with Gasteiger partial charge in [0.2, 0.25) is 0 Å². The lowest BCUT2D eigenvalue weighted by Gasteiger charge is -2.22. The van der Waals surface area contributed by atoms with Gasteiger partial charge in [-0.2, -0.15) is 0 Å². The van der Waals surface area contributed by atoms with Crippen molar-refractivity contribution in [2.45, 2.75) is 38.1 Å². The summed E-state index contributed by atoms with van der Waals surface area (Å²) in [6.45, 7) is 2.16. The van der Waals surface area contributed by atoms with Gasteiger partial charge in [0.25, 0.3) is 0 Å². The Morgan fingerprint density at radius 1 is 1.32 bits per heavy atom. The average Bonchev–Trinajstić information content (AvgIpc) is 2.95. The van der Waals surface area contributed by atoms with E-state index < -0.39 is 0 Å². The Bertz CT molecular complexity index is 561. The molecule has 19 heavy (non-hydrogen) atoms. The molecule has 2 unspecified atom stereocenters. The van der Waals surface area contributed by atoms with Crippen LogP contribution in [0, 0.1) is 0 Å². The van der Waals surface area contributed by atoms with Crippen molar-refractivity contribution in [2.24, 2.45) is 0 Å². The maximum Gasteiger partial charge on any atom is 0.0963 e. The number of hydrogen-bond donors (Lipinski definition) is 1. The smallest absolute Gasteiger partial charge is 0.0963 e. The summed E-state index contributed by atoms with van der Waals surface area (Å²) >= 11 is 1.82. The molecule has 1 N–H and O–H groups in total. The molecule has 3 rings (SSSR count). The number of aryl methyl sites for hydroxylation is 1. The molecule has 2 nitrogen and oxygen atoms in total. The van der Waals surface area contributed by atoms with E-state index in [9.17, 15) is 0 Å². The monoisotopic (exact) mass is 272 g/mol. The first kappa shape index (κ1) is 12.8. The number of fused-ring (bicyclic) bond motifs is 1. The highest BCUT2D eigenvalue weighted by Gasteiger charge is 2.22. The first-order valence-corrected chi connectivity index (χ1v) is 7.85. The third kappa shape index (κ3) is 2.58. The highest BCUT2D eigenvalue weighted by Crippen LogP contribution is 2.34. The molecule has 2 aromatic rings. The predicted octanol–water partition coefficient (Wildman–Crippen LogP) is 3.70. The molecule has 0 aliphatic heterocycles. The summed E-state index contributed by atoms with van der Waals surface area (Å²) in [6, 6.07) is 9.18. The van der Waals surface area contributed by atoms with Crippen LogP contribution in [0.5, 0.6) is 0 Å². The first-order chi connectivity index (χ1) is 9.28. The second kappa shape index (κ2) is 5.43. The molecule has 100 valence electrons. The zero-order valence-corrected chi connectivity index (χ0v) is 12.3. The third-order valence-electron chi connectivity index (χ3n) is 4.11. The molecule has 0 saturated carbocycles. The molecule has 2 atom stereocenters. The molecule has 0 bridgehead atoms. The summed E-state index contributed by atoms with van der Waals surface area (Å²) in [4.78, 5) is 4.83. The molecular formula is C16H20N2S. The van der Waals surface area contributed by atoms with E-state index >= 15 is 0 Å². The van der Waals surface area contributed by atoms with Crippen LogP contribution in [0.2, 0.25) is 0 Å². The van der Waals surface area contributed by atoms with E-state index in [2.05, 4.69) is 41.9 Å². The van der Waals surface area contributed by atoms with Crippen LogP contribution in [0.4, 0.5) is 0 Å². The number of benzene rings is 1. The maximum absolute atomic E-state index is 4.83. The summed E-state index contributed by atoms with van der Waals surface area (Å²) in [5.74, 6) is 0.609. The second-order valence-corrected chi connectivity index (χ2v) is 6.22. The van der Waals surface area contributed by atoms with Crippen LogP contribution in [0.15, 0.2) is 29.6 Å². The third-order valence-corrected chi connectivity index (χ3v) is 5.14. The van der Waals surface area contributed by atoms with Crippen molar-refractivity contribution in [1.29, 1.82) is 0 Å². The standard InChI is InChI=1S/C16H20N2S/c1-11(17-2)15-10-19-16(18-15)14-8-7-12-5-3-4-6-13(12)9-14/h3-6,10-11,14,17H,7-9H2,1-2H3. The number of hydrogen-bond acceptors (Lipinski definition) is 3. The molecule has 1 aromatic heterocycles. The van der Waals surface area contributed by atoms with Crippen LogP contribution in [0.3, 0.4) is 0 Å². The van der Waals surface area contributed by atoms with Crippen molar-refractivity contribution in [3.8, 4) is 0 Å². The van der Waals surface area contributed by atoms with Gasteiger partial charge in [0, 0.05) is 17.3 Å². The minimum atomic E-state index is 0.348. The van der Waals surface area contributed by atoms with Crippen molar-refractivity contribution in [3.63, 3.8) is 0 Å². The van der Waals surface area contributed by atoms with Gasteiger partial charge in [0.1, 0.15) is 0 Å². The van der Waals surface area contributed by atoms with E-state index in [4.69, 9.17) is 4.98 Å². The summed E-state index contributed by atoms with van der Waals surface area (Å²) in [7, 11) is 1.99. The number of nitrogens with one attached hydrogen (secondary N) is 1. The molecule has 1 heterocycles. The molecule has 0 amide bonds. The SMILES string of the molecule is CNC(C)c1csc(C2CCc3ccccc3C2)n1. The average molecular weight is 272 g/mol. The van der Waals surface area contributed by atoms with Gasteiger partial charge in [-0.25, -0.2) is 4.98 Å². The molecule has 0 radical (unpaired) electrons. The topological polar surface area (TPSA) is 24.9 Å². The van der Waals surface area contributed by atoms with E-state index in [0.717, 1.165) is 6.42 Å². The fourth-order valence-electron chi connectivity index (χ4n) is 2.74. The summed E-state index contributed by atoms with van der Waals surface area (Å²) in [5, 5.41) is 6.77. The van der Waals surface area contributed by atoms with E-state index in [1.807, 2.05) is 18.4 Å². The van der Waals surface area contributed by atoms with E-state index in [1.54, 1.807) is 0 Å². The zero-order chi connectivity index (χ0) is 13.2. The van der Waals surface area contributed by atoms with Gasteiger partial charge < -0.3 is 5.32 Å². The van der Waals surface area contributed by atoms with Crippen LogP contribution in [-0.4, -0.2) is 12.0 Å². The number of aromatic nitrogens is 1. The zero-order valence-electron chi connectivity index (χ0n) is 11.5. The Balaban J connectivity index is 1.79. The van der Waals surface area contributed by atoms with Crippen LogP contribution < -0.4 is 5.32 Å². The van der Waals surface area contributed by atoms with Crippen LogP contribution in [0.1, 0.15) is 47.1 Å². The van der Waals surface area contributed by atoms with Crippen molar-refractivity contribution in [1.82, 2.24) is 10.3 Å². The van der Waals surface area contributed by atoms with Crippen molar-refractivity contribution in [3.05, 3.63) is 51.5 Å². The normalized spacial score (nSPS) is 20.0. The van der Waals surface area contributed by atoms with Crippen LogP contribution in [-0.2, 0) is 12.8 Å². The van der Waals surface area contributed by atoms with Crippen molar-refractivity contribution < 1.29 is 0 Å². The highest BCUT2D eigenvalue weighted by molar-refractivity contribution is 7.09. The molecular weight excluding hydrogens is 252 g/mol. The van der Waals surface area contributed by atoms with E-state index in [1.165, 1.54) is 34.7 Å². The lowest BCUT2D eigenvalue weighted by molar-refractivity contribution is 0.573. The Morgan fingerprint density at radius 3 is 2.89 bits per heavy atom. The summed E-state index contributed by atoms with van der Waals surface area (Å²) < 4.78 is 0. The number of thiazole rings is 1. The van der Waals surface area contributed by atoms with Crippen molar-refractivity contribution >= 4 is 11.3 Å². The lowest BCUT2D eigenvalue weighted by Crippen LogP contribution is -2.14. The molecule has 1 aromatic carbocycles. The van der Waals surface area contributed by atoms with Crippen LogP contribution in [0.25, 0.3) is 0 Å². The minimum Gasteiger partial charge on any atom is -0.312 e. The Morgan fingerprint density at radius 2 is 2.11 bits per heavy atom. The fourth-order valence-corrected chi connectivity index (χ4v) is 3.79. The van der Waals surface area contributed by atoms with Gasteiger partial charge in [0.05, 0.1) is 10.7 Å². The van der Waals surface area contributed by atoms with Crippen LogP contribution >= 0.6 is 11.3 Å². The number of nitrogens with zero attached hydrogens (tertiary/aromatic N) is 1. The van der Waals surface area contributed by atoms with Gasteiger partial charge in [0.15, 0.2) is 0 Å². The Hall–Kier alpha value is -1.19. The number of rotatable bonds is 3. The Labute approximate surface area is 118 Å². The van der Waals surface area contributed by atoms with Gasteiger partial charge in [-0.1, -0.05) is 24.3 Å². The van der Waals surface area contributed by atoms with Gasteiger partial charge in [-0.15, -0.1) is 11.3 Å². The molecule has 0 fully saturated rings. The van der Waals surface area contributed by atoms with Gasteiger partial charge in [-0.05, 0) is 44.4 Å². The van der Waals surface area contributed by atoms with Gasteiger partial charge in [-0.3, -0.25) is 0 Å². The Kier molecular flexibility index (Phi) is 3.67. The molecule has 0 spiro atoms. The minimum absolute atomic E-state index is 0.348. The van der Waals surface area contributed by atoms with Crippen molar-refractivity contribution in [2.75, 3.05) is 7.05 Å². The molecule has 1 aliphatic rings. The van der Waals surface area contributed by atoms with E-state index in [-0.39, 0.29) is 0 Å². The summed E-state index contributed by atoms with van der Waals surface area (Å²) in [6.07, 6.45) is 3.58. The van der Waals surface area contributed by atoms with Gasteiger partial charge >= 0.3 is 0 Å². The van der Waals surface area contributed by atoms with E-state index in [0.29, 0.717) is 12.0 Å². The predicted molar refractivity (Wildman–Crippen MR) is 80.8 cm³/mol. The quantitative estimate of drug-likeness (QED) is 0.921. The second-order valence-electron chi connectivity index (χ2n) is 5.33. The molecule has 3 heteroatoms. The molecule has 1 aliphatic carbocycles. The fraction of sp³-hybridized carbons (Fsp3) is 0.438. The lowest BCUT2D eigenvalue weighted by atomic mass is 9.84. The largest absolute Gasteiger partial charge is 0.312 e. The maximum atomic E-state index is 4.83. The highest BCUT2D eigenvalue weighted by atomic mass is 32.1. The molecule has 0 saturated heterocycles.